The number of nitriles is 1. The van der Waals surface area contributed by atoms with E-state index in [4.69, 9.17) is 16.9 Å². The van der Waals surface area contributed by atoms with Gasteiger partial charge in [0, 0.05) is 6.07 Å². The fraction of sp³-hybridized carbons (Fsp3) is 0.0833. The van der Waals surface area contributed by atoms with Crippen molar-refractivity contribution in [3.63, 3.8) is 0 Å². The second-order valence-corrected chi connectivity index (χ2v) is 4.01. The van der Waals surface area contributed by atoms with Gasteiger partial charge in [0.25, 0.3) is 5.56 Å². The molecular formula is C12H7ClFN3O. The van der Waals surface area contributed by atoms with E-state index in [1.807, 2.05) is 6.07 Å². The van der Waals surface area contributed by atoms with Crippen molar-refractivity contribution >= 4 is 11.6 Å². The third-order valence-electron chi connectivity index (χ3n) is 2.38. The summed E-state index contributed by atoms with van der Waals surface area (Å²) in [6.45, 7) is 1.61. The maximum absolute atomic E-state index is 13.0. The number of rotatable bonds is 1. The van der Waals surface area contributed by atoms with E-state index < -0.39 is 11.4 Å². The molecule has 0 fully saturated rings. The summed E-state index contributed by atoms with van der Waals surface area (Å²) in [4.78, 5) is 11.8. The Kier molecular flexibility index (Phi) is 3.13. The van der Waals surface area contributed by atoms with Gasteiger partial charge in [0.15, 0.2) is 0 Å². The van der Waals surface area contributed by atoms with Crippen molar-refractivity contribution in [3.05, 3.63) is 56.7 Å². The van der Waals surface area contributed by atoms with Gasteiger partial charge in [-0.1, -0.05) is 11.6 Å². The third-order valence-corrected chi connectivity index (χ3v) is 2.67. The average molecular weight is 264 g/mol. The first-order chi connectivity index (χ1) is 8.52. The Bertz CT molecular complexity index is 718. The Morgan fingerprint density at radius 2 is 2.17 bits per heavy atom. The quantitative estimate of drug-likeness (QED) is 0.792. The summed E-state index contributed by atoms with van der Waals surface area (Å²) in [6.07, 6.45) is 0. The zero-order valence-electron chi connectivity index (χ0n) is 9.32. The molecule has 0 aliphatic rings. The third kappa shape index (κ3) is 2.11. The molecule has 2 aromatic rings. The van der Waals surface area contributed by atoms with Crippen molar-refractivity contribution < 1.29 is 4.39 Å². The summed E-state index contributed by atoms with van der Waals surface area (Å²) in [5.41, 5.74) is 0.501. The van der Waals surface area contributed by atoms with Crippen LogP contribution in [0.15, 0.2) is 29.1 Å². The molecule has 0 radical (unpaired) electrons. The highest BCUT2D eigenvalue weighted by Crippen LogP contribution is 2.17. The second kappa shape index (κ2) is 4.59. The Labute approximate surface area is 107 Å². The van der Waals surface area contributed by atoms with E-state index in [2.05, 4.69) is 5.10 Å². The topological polar surface area (TPSA) is 58.7 Å². The number of halogens is 2. The van der Waals surface area contributed by atoms with Crippen LogP contribution in [0.4, 0.5) is 4.39 Å². The summed E-state index contributed by atoms with van der Waals surface area (Å²) < 4.78 is 14.1. The van der Waals surface area contributed by atoms with Crippen LogP contribution in [0.25, 0.3) is 5.69 Å². The SMILES string of the molecule is Cc1nn(-c2ccc(F)c(Cl)c2)c(=O)cc1C#N. The molecule has 1 aromatic carbocycles. The van der Waals surface area contributed by atoms with Crippen molar-refractivity contribution in [3.8, 4) is 11.8 Å². The molecule has 0 unspecified atom stereocenters. The van der Waals surface area contributed by atoms with Gasteiger partial charge >= 0.3 is 0 Å². The first kappa shape index (κ1) is 12.3. The lowest BCUT2D eigenvalue weighted by Gasteiger charge is -2.06. The Hall–Kier alpha value is -2.19. The molecule has 0 aliphatic heterocycles. The summed E-state index contributed by atoms with van der Waals surface area (Å²) >= 11 is 5.64. The number of aryl methyl sites for hydroxylation is 1. The normalized spacial score (nSPS) is 10.1. The van der Waals surface area contributed by atoms with E-state index in [9.17, 15) is 9.18 Å². The number of aromatic nitrogens is 2. The first-order valence-corrected chi connectivity index (χ1v) is 5.37. The molecule has 0 amide bonds. The fourth-order valence-electron chi connectivity index (χ4n) is 1.46. The van der Waals surface area contributed by atoms with Crippen LogP contribution in [0.3, 0.4) is 0 Å². The van der Waals surface area contributed by atoms with Crippen LogP contribution in [-0.4, -0.2) is 9.78 Å². The molecule has 1 aromatic heterocycles. The van der Waals surface area contributed by atoms with Crippen LogP contribution in [0.1, 0.15) is 11.3 Å². The summed E-state index contributed by atoms with van der Waals surface area (Å²) in [5, 5.41) is 12.7. The molecule has 2 rings (SSSR count). The van der Waals surface area contributed by atoms with Gasteiger partial charge in [0.05, 0.1) is 22.0 Å². The lowest BCUT2D eigenvalue weighted by atomic mass is 10.2. The van der Waals surface area contributed by atoms with Crippen molar-refractivity contribution in [1.29, 1.82) is 5.26 Å². The van der Waals surface area contributed by atoms with Crippen LogP contribution in [0.2, 0.25) is 5.02 Å². The molecule has 4 nitrogen and oxygen atoms in total. The molecular weight excluding hydrogens is 257 g/mol. The standard InChI is InChI=1S/C12H7ClFN3O/c1-7-8(6-15)4-12(18)17(16-7)9-2-3-11(14)10(13)5-9/h2-5H,1H3. The van der Waals surface area contributed by atoms with Crippen LogP contribution in [0, 0.1) is 24.1 Å². The monoisotopic (exact) mass is 263 g/mol. The minimum Gasteiger partial charge on any atom is -0.267 e. The summed E-state index contributed by atoms with van der Waals surface area (Å²) in [7, 11) is 0. The zero-order valence-corrected chi connectivity index (χ0v) is 10.1. The van der Waals surface area contributed by atoms with E-state index in [1.54, 1.807) is 6.92 Å². The van der Waals surface area contributed by atoms with E-state index in [-0.39, 0.29) is 10.6 Å². The highest BCUT2D eigenvalue weighted by molar-refractivity contribution is 6.30. The van der Waals surface area contributed by atoms with Gasteiger partial charge in [-0.2, -0.15) is 15.0 Å². The fourth-order valence-corrected chi connectivity index (χ4v) is 1.63. The molecule has 90 valence electrons. The number of hydrogen-bond donors (Lipinski definition) is 0. The highest BCUT2D eigenvalue weighted by Gasteiger charge is 2.08. The van der Waals surface area contributed by atoms with Crippen molar-refractivity contribution in [2.24, 2.45) is 0 Å². The van der Waals surface area contributed by atoms with Gasteiger partial charge < -0.3 is 0 Å². The lowest BCUT2D eigenvalue weighted by molar-refractivity contribution is 0.627. The second-order valence-electron chi connectivity index (χ2n) is 3.60. The lowest BCUT2D eigenvalue weighted by Crippen LogP contribution is -2.22. The van der Waals surface area contributed by atoms with Gasteiger partial charge in [0.1, 0.15) is 11.9 Å². The summed E-state index contributed by atoms with van der Waals surface area (Å²) in [6, 6.07) is 6.90. The molecule has 18 heavy (non-hydrogen) atoms. The molecule has 0 saturated heterocycles. The average Bonchev–Trinajstić information content (AvgIpc) is 2.35. The van der Waals surface area contributed by atoms with Crippen LogP contribution in [-0.2, 0) is 0 Å². The van der Waals surface area contributed by atoms with E-state index in [0.29, 0.717) is 11.4 Å². The number of benzene rings is 1. The van der Waals surface area contributed by atoms with Crippen LogP contribution in [0.5, 0.6) is 0 Å². The smallest absolute Gasteiger partial charge is 0.267 e. The van der Waals surface area contributed by atoms with Gasteiger partial charge in [0.2, 0.25) is 0 Å². The van der Waals surface area contributed by atoms with E-state index >= 15 is 0 Å². The van der Waals surface area contributed by atoms with Crippen molar-refractivity contribution in [2.45, 2.75) is 6.92 Å². The first-order valence-electron chi connectivity index (χ1n) is 4.99. The van der Waals surface area contributed by atoms with E-state index in [0.717, 1.165) is 10.7 Å². The molecule has 0 atom stereocenters. The van der Waals surface area contributed by atoms with Crippen molar-refractivity contribution in [2.75, 3.05) is 0 Å². The minimum atomic E-state index is -0.571. The molecule has 0 bridgehead atoms. The summed E-state index contributed by atoms with van der Waals surface area (Å²) in [5.74, 6) is -0.571. The molecule has 0 aliphatic carbocycles. The Morgan fingerprint density at radius 1 is 1.44 bits per heavy atom. The molecule has 0 spiro atoms. The predicted molar refractivity (Wildman–Crippen MR) is 64.3 cm³/mol. The Morgan fingerprint density at radius 3 is 2.78 bits per heavy atom. The van der Waals surface area contributed by atoms with E-state index in [1.165, 1.54) is 18.2 Å². The largest absolute Gasteiger partial charge is 0.272 e. The maximum atomic E-state index is 13.0. The molecule has 0 saturated carbocycles. The molecule has 0 N–H and O–H groups in total. The van der Waals surface area contributed by atoms with Gasteiger partial charge in [-0.25, -0.2) is 4.39 Å². The van der Waals surface area contributed by atoms with Crippen LogP contribution >= 0.6 is 11.6 Å². The van der Waals surface area contributed by atoms with Gasteiger partial charge in [-0.15, -0.1) is 0 Å². The molecule has 1 heterocycles. The number of hydrogen-bond acceptors (Lipinski definition) is 3. The zero-order chi connectivity index (χ0) is 13.3. The maximum Gasteiger partial charge on any atom is 0.272 e. The molecule has 6 heteroatoms. The van der Waals surface area contributed by atoms with Gasteiger partial charge in [-0.05, 0) is 25.1 Å². The Balaban J connectivity index is 2.65. The number of nitrogens with zero attached hydrogens (tertiary/aromatic N) is 3. The minimum absolute atomic E-state index is 0.0942. The van der Waals surface area contributed by atoms with Gasteiger partial charge in [-0.3, -0.25) is 4.79 Å². The highest BCUT2D eigenvalue weighted by atomic mass is 35.5. The predicted octanol–water partition coefficient (Wildman–Crippen LogP) is 2.21. The van der Waals surface area contributed by atoms with Crippen molar-refractivity contribution in [1.82, 2.24) is 9.78 Å². The van der Waals surface area contributed by atoms with Crippen LogP contribution < -0.4 is 5.56 Å².